The van der Waals surface area contributed by atoms with Crippen molar-refractivity contribution in [2.75, 3.05) is 13.5 Å². The Morgan fingerprint density at radius 1 is 1.07 bits per heavy atom. The number of ether oxygens (including phenoxy) is 2. The number of rotatable bonds is 8. The first-order valence-corrected chi connectivity index (χ1v) is 9.00. The van der Waals surface area contributed by atoms with E-state index >= 15 is 0 Å². The lowest BCUT2D eigenvalue weighted by atomic mass is 10.2. The normalized spacial score (nSPS) is 11.0. The van der Waals surface area contributed by atoms with Crippen LogP contribution in [0.5, 0.6) is 5.75 Å². The van der Waals surface area contributed by atoms with Crippen LogP contribution in [-0.2, 0) is 14.8 Å². The first-order valence-electron chi connectivity index (χ1n) is 7.52. The van der Waals surface area contributed by atoms with Gasteiger partial charge in [0.25, 0.3) is 0 Å². The van der Waals surface area contributed by atoms with E-state index in [1.807, 2.05) is 0 Å². The van der Waals surface area contributed by atoms with E-state index in [-0.39, 0.29) is 28.9 Å². The van der Waals surface area contributed by atoms with Gasteiger partial charge in [0, 0.05) is 0 Å². The molecular formula is C16H18N4O6S. The zero-order chi connectivity index (χ0) is 19.9. The van der Waals surface area contributed by atoms with Crippen LogP contribution in [0, 0.1) is 0 Å². The van der Waals surface area contributed by atoms with Crippen molar-refractivity contribution >= 4 is 27.6 Å². The second kappa shape index (κ2) is 9.09. The summed E-state index contributed by atoms with van der Waals surface area (Å²) in [5.41, 5.74) is 11.3. The third-order valence-electron chi connectivity index (χ3n) is 3.15. The molecule has 0 aliphatic rings. The van der Waals surface area contributed by atoms with Crippen LogP contribution in [0.15, 0.2) is 58.4 Å². The van der Waals surface area contributed by atoms with Crippen LogP contribution in [-0.4, -0.2) is 39.0 Å². The van der Waals surface area contributed by atoms with Crippen LogP contribution in [0.4, 0.5) is 5.69 Å². The van der Waals surface area contributed by atoms with Gasteiger partial charge in [-0.05, 0) is 48.5 Å². The number of nitrogens with one attached hydrogen (secondary N) is 1. The highest BCUT2D eigenvalue weighted by molar-refractivity contribution is 7.89. The fourth-order valence-corrected chi connectivity index (χ4v) is 2.82. The van der Waals surface area contributed by atoms with Crippen LogP contribution >= 0.6 is 0 Å². The van der Waals surface area contributed by atoms with Crippen LogP contribution in [0.25, 0.3) is 0 Å². The molecule has 0 heterocycles. The number of carbonyl (C=O) groups excluding carboxylic acids is 1. The Kier molecular flexibility index (Phi) is 6.85. The first-order chi connectivity index (χ1) is 12.8. The summed E-state index contributed by atoms with van der Waals surface area (Å²) in [6.07, 6.45) is 0. The van der Waals surface area contributed by atoms with Gasteiger partial charge in [0.05, 0.1) is 16.1 Å². The molecule has 0 aromatic heterocycles. The molecule has 6 N–H and O–H groups in total. The Bertz CT molecular complexity index is 907. The van der Waals surface area contributed by atoms with Gasteiger partial charge < -0.3 is 26.0 Å². The van der Waals surface area contributed by atoms with E-state index in [9.17, 15) is 13.2 Å². The van der Waals surface area contributed by atoms with Gasteiger partial charge in [0.1, 0.15) is 19.3 Å². The largest absolute Gasteiger partial charge is 0.423 e. The second-order valence-corrected chi connectivity index (χ2v) is 6.84. The van der Waals surface area contributed by atoms with Crippen LogP contribution in [0.3, 0.4) is 0 Å². The maximum Gasteiger partial charge on any atom is 0.343 e. The van der Waals surface area contributed by atoms with Crippen molar-refractivity contribution < 1.29 is 27.8 Å². The lowest BCUT2D eigenvalue weighted by Crippen LogP contribution is -2.26. The lowest BCUT2D eigenvalue weighted by Gasteiger charge is -2.08. The average molecular weight is 394 g/mol. The lowest BCUT2D eigenvalue weighted by molar-refractivity contribution is -0.00296. The molecule has 0 amide bonds. The summed E-state index contributed by atoms with van der Waals surface area (Å²) in [5.74, 6) is -0.562. The van der Waals surface area contributed by atoms with Gasteiger partial charge in [-0.2, -0.15) is 4.72 Å². The molecule has 0 fully saturated rings. The topological polar surface area (TPSA) is 166 Å². The molecule has 0 atom stereocenters. The molecule has 0 saturated heterocycles. The summed E-state index contributed by atoms with van der Waals surface area (Å²) in [7, 11) is -3.80. The number of aliphatic hydroxyl groups is 1. The smallest absolute Gasteiger partial charge is 0.343 e. The summed E-state index contributed by atoms with van der Waals surface area (Å²) in [5, 5.41) is 8.48. The molecule has 0 radical (unpaired) electrons. The van der Waals surface area contributed by atoms with Crippen LogP contribution in [0.1, 0.15) is 10.4 Å². The number of benzene rings is 2. The Hall–Kier alpha value is -2.99. The predicted octanol–water partition coefficient (Wildman–Crippen LogP) is 0.0129. The minimum absolute atomic E-state index is 0.0505. The highest BCUT2D eigenvalue weighted by atomic mass is 32.2. The molecule has 11 heteroatoms. The molecule has 0 bridgehead atoms. The van der Waals surface area contributed by atoms with Gasteiger partial charge >= 0.3 is 5.97 Å². The van der Waals surface area contributed by atoms with Gasteiger partial charge in [0.2, 0.25) is 10.0 Å². The third kappa shape index (κ3) is 6.04. The van der Waals surface area contributed by atoms with E-state index in [1.165, 1.54) is 36.4 Å². The molecule has 2 aromatic carbocycles. The monoisotopic (exact) mass is 394 g/mol. The summed E-state index contributed by atoms with van der Waals surface area (Å²) in [6.45, 7) is -0.976. The van der Waals surface area contributed by atoms with Gasteiger partial charge in [-0.25, -0.2) is 18.2 Å². The zero-order valence-corrected chi connectivity index (χ0v) is 14.8. The number of nitrogens with zero attached hydrogens (tertiary/aromatic N) is 1. The summed E-state index contributed by atoms with van der Waals surface area (Å²) >= 11 is 0. The van der Waals surface area contributed by atoms with Crippen molar-refractivity contribution in [2.45, 2.75) is 4.90 Å². The van der Waals surface area contributed by atoms with Crippen molar-refractivity contribution in [3.63, 3.8) is 0 Å². The Morgan fingerprint density at radius 2 is 1.70 bits per heavy atom. The van der Waals surface area contributed by atoms with Crippen LogP contribution in [0.2, 0.25) is 0 Å². The standard InChI is InChI=1S/C16H18N4O6S/c17-16(18)20-12-3-1-11(2-4-12)15(22)26-13-5-7-14(8-6-13)27(23,24)19-9-25-10-21/h1-8,19,21H,9-10H2,(H4,17,18,20). The van der Waals surface area contributed by atoms with E-state index in [0.717, 1.165) is 0 Å². The number of esters is 1. The Morgan fingerprint density at radius 3 is 2.26 bits per heavy atom. The fourth-order valence-electron chi connectivity index (χ4n) is 1.92. The summed E-state index contributed by atoms with van der Waals surface area (Å²) in [4.78, 5) is 15.9. The summed E-state index contributed by atoms with van der Waals surface area (Å²) in [6, 6.07) is 11.3. The number of aliphatic imine (C=N–C) groups is 1. The molecule has 0 unspecified atom stereocenters. The van der Waals surface area contributed by atoms with Crippen molar-refractivity contribution in [3.8, 4) is 5.75 Å². The Labute approximate surface area is 155 Å². The highest BCUT2D eigenvalue weighted by Gasteiger charge is 2.14. The van der Waals surface area contributed by atoms with Crippen molar-refractivity contribution in [1.82, 2.24) is 4.72 Å². The van der Waals surface area contributed by atoms with E-state index in [2.05, 4.69) is 14.5 Å². The van der Waals surface area contributed by atoms with Crippen molar-refractivity contribution in [2.24, 2.45) is 16.5 Å². The molecule has 10 nitrogen and oxygen atoms in total. The zero-order valence-electron chi connectivity index (χ0n) is 14.0. The van der Waals surface area contributed by atoms with Gasteiger partial charge in [-0.3, -0.25) is 0 Å². The fraction of sp³-hybridized carbons (Fsp3) is 0.125. The average Bonchev–Trinajstić information content (AvgIpc) is 2.62. The minimum atomic E-state index is -3.80. The first kappa shape index (κ1) is 20.3. The molecule has 0 saturated carbocycles. The van der Waals surface area contributed by atoms with Crippen molar-refractivity contribution in [1.29, 1.82) is 0 Å². The highest BCUT2D eigenvalue weighted by Crippen LogP contribution is 2.18. The van der Waals surface area contributed by atoms with E-state index in [0.29, 0.717) is 5.69 Å². The van der Waals surface area contributed by atoms with E-state index in [1.54, 1.807) is 12.1 Å². The number of sulfonamides is 1. The van der Waals surface area contributed by atoms with Crippen LogP contribution < -0.4 is 20.9 Å². The quantitative estimate of drug-likeness (QED) is 0.121. The van der Waals surface area contributed by atoms with Gasteiger partial charge in [0.15, 0.2) is 5.96 Å². The second-order valence-electron chi connectivity index (χ2n) is 5.07. The number of hydrogen-bond acceptors (Lipinski definition) is 7. The number of hydrogen-bond donors (Lipinski definition) is 4. The van der Waals surface area contributed by atoms with Gasteiger partial charge in [-0.1, -0.05) is 0 Å². The third-order valence-corrected chi connectivity index (χ3v) is 4.54. The number of carbonyl (C=O) groups is 1. The number of nitrogens with two attached hydrogens (primary N) is 2. The maximum absolute atomic E-state index is 12.1. The molecule has 27 heavy (non-hydrogen) atoms. The molecule has 2 aromatic rings. The molecule has 2 rings (SSSR count). The maximum atomic E-state index is 12.1. The number of guanidine groups is 1. The van der Waals surface area contributed by atoms with Crippen molar-refractivity contribution in [3.05, 3.63) is 54.1 Å². The van der Waals surface area contributed by atoms with E-state index < -0.39 is 22.8 Å². The molecule has 144 valence electrons. The van der Waals surface area contributed by atoms with E-state index in [4.69, 9.17) is 21.3 Å². The minimum Gasteiger partial charge on any atom is -0.423 e. The summed E-state index contributed by atoms with van der Waals surface area (Å²) < 4.78 is 35.8. The van der Waals surface area contributed by atoms with Gasteiger partial charge in [-0.15, -0.1) is 0 Å². The number of aliphatic hydroxyl groups excluding tert-OH is 1. The SMILES string of the molecule is NC(N)=Nc1ccc(C(=O)Oc2ccc(S(=O)(=O)NCOCO)cc2)cc1. The predicted molar refractivity (Wildman–Crippen MR) is 96.7 cm³/mol. The Balaban J connectivity index is 2.03. The molecule has 0 aliphatic heterocycles. The molecular weight excluding hydrogens is 376 g/mol. The molecule has 0 aliphatic carbocycles. The molecule has 0 spiro atoms.